The fourth-order valence-electron chi connectivity index (χ4n) is 3.37. The van der Waals surface area contributed by atoms with Crippen molar-refractivity contribution in [2.24, 2.45) is 0 Å². The number of carbonyl (C=O) groups is 1. The van der Waals surface area contributed by atoms with E-state index in [-0.39, 0.29) is 5.91 Å². The van der Waals surface area contributed by atoms with Crippen LogP contribution in [0, 0.1) is 3.57 Å². The number of benzene rings is 3. The first-order chi connectivity index (χ1) is 14.6. The number of oxazole rings is 1. The lowest BCUT2D eigenvalue weighted by Crippen LogP contribution is -2.21. The van der Waals surface area contributed by atoms with Crippen LogP contribution in [0.25, 0.3) is 22.6 Å². The van der Waals surface area contributed by atoms with E-state index in [0.29, 0.717) is 28.2 Å². The maximum absolute atomic E-state index is 12.5. The summed E-state index contributed by atoms with van der Waals surface area (Å²) in [6.07, 6.45) is 0. The third-order valence-electron chi connectivity index (χ3n) is 4.98. The molecule has 0 saturated carbocycles. The number of anilines is 2. The molecule has 152 valence electrons. The van der Waals surface area contributed by atoms with Gasteiger partial charge in [0.25, 0.3) is 5.91 Å². The second-order valence-corrected chi connectivity index (χ2v) is 8.13. The summed E-state index contributed by atoms with van der Waals surface area (Å²) >= 11 is 2.19. The predicted molar refractivity (Wildman–Crippen MR) is 130 cm³/mol. The number of carbonyl (C=O) groups excluding carboxylic acids is 1. The molecular weight excluding hydrogens is 489 g/mol. The molecule has 0 aliphatic carbocycles. The number of hydrogen-bond acceptors (Lipinski definition) is 4. The molecule has 0 spiro atoms. The van der Waals surface area contributed by atoms with Crippen LogP contribution in [0.4, 0.5) is 11.4 Å². The Balaban J connectivity index is 1.56. The van der Waals surface area contributed by atoms with Crippen molar-refractivity contribution >= 4 is 51.0 Å². The standard InChI is InChI=1S/C24H22IN3O2/c1-3-28(4-2)20-11-8-16(9-12-20)24-27-21-15-19(10-13-22(21)30-24)26-23(29)17-6-5-7-18(25)14-17/h5-15H,3-4H2,1-2H3,(H,26,29). The molecule has 0 saturated heterocycles. The van der Waals surface area contributed by atoms with Crippen LogP contribution >= 0.6 is 22.6 Å². The number of halogens is 1. The zero-order valence-electron chi connectivity index (χ0n) is 16.9. The Morgan fingerprint density at radius 1 is 1.03 bits per heavy atom. The Morgan fingerprint density at radius 3 is 2.50 bits per heavy atom. The van der Waals surface area contributed by atoms with Crippen molar-refractivity contribution < 1.29 is 9.21 Å². The Morgan fingerprint density at radius 2 is 1.80 bits per heavy atom. The zero-order valence-corrected chi connectivity index (χ0v) is 19.0. The summed E-state index contributed by atoms with van der Waals surface area (Å²) in [7, 11) is 0. The van der Waals surface area contributed by atoms with Crippen LogP contribution < -0.4 is 10.2 Å². The molecule has 0 bridgehead atoms. The van der Waals surface area contributed by atoms with Crippen LogP contribution in [0.3, 0.4) is 0 Å². The number of fused-ring (bicyclic) bond motifs is 1. The van der Waals surface area contributed by atoms with Crippen LogP contribution in [0.5, 0.6) is 0 Å². The van der Waals surface area contributed by atoms with E-state index in [1.54, 1.807) is 6.07 Å². The van der Waals surface area contributed by atoms with Gasteiger partial charge in [0.05, 0.1) is 0 Å². The average molecular weight is 511 g/mol. The summed E-state index contributed by atoms with van der Waals surface area (Å²) in [5.41, 5.74) is 4.80. The number of hydrogen-bond donors (Lipinski definition) is 1. The van der Waals surface area contributed by atoms with Crippen LogP contribution in [0.15, 0.2) is 71.1 Å². The average Bonchev–Trinajstić information content (AvgIpc) is 3.18. The van der Waals surface area contributed by atoms with Gasteiger partial charge in [-0.15, -0.1) is 0 Å². The van der Waals surface area contributed by atoms with E-state index < -0.39 is 0 Å². The number of nitrogens with one attached hydrogen (secondary N) is 1. The minimum absolute atomic E-state index is 0.149. The van der Waals surface area contributed by atoms with Crippen LogP contribution in [-0.4, -0.2) is 24.0 Å². The van der Waals surface area contributed by atoms with Gasteiger partial charge in [0.2, 0.25) is 5.89 Å². The molecule has 3 aromatic carbocycles. The van der Waals surface area contributed by atoms with Gasteiger partial charge in [-0.25, -0.2) is 4.98 Å². The van der Waals surface area contributed by atoms with Gasteiger partial charge in [0, 0.05) is 39.2 Å². The van der Waals surface area contributed by atoms with Crippen LogP contribution in [-0.2, 0) is 0 Å². The smallest absolute Gasteiger partial charge is 0.255 e. The van der Waals surface area contributed by atoms with Gasteiger partial charge in [-0.05, 0) is 97.1 Å². The van der Waals surface area contributed by atoms with Crippen molar-refractivity contribution in [2.75, 3.05) is 23.3 Å². The zero-order chi connectivity index (χ0) is 21.1. The molecule has 4 aromatic rings. The number of nitrogens with zero attached hydrogens (tertiary/aromatic N) is 2. The molecule has 0 aliphatic rings. The van der Waals surface area contributed by atoms with E-state index in [1.807, 2.05) is 48.5 Å². The van der Waals surface area contributed by atoms with Crippen LogP contribution in [0.1, 0.15) is 24.2 Å². The van der Waals surface area contributed by atoms with Crippen molar-refractivity contribution in [3.05, 3.63) is 75.9 Å². The number of rotatable bonds is 6. The molecule has 5 nitrogen and oxygen atoms in total. The first-order valence-electron chi connectivity index (χ1n) is 9.90. The molecule has 6 heteroatoms. The normalized spacial score (nSPS) is 10.9. The molecule has 4 rings (SSSR count). The highest BCUT2D eigenvalue weighted by atomic mass is 127. The molecule has 1 aromatic heterocycles. The molecule has 0 fully saturated rings. The van der Waals surface area contributed by atoms with Gasteiger partial charge in [-0.2, -0.15) is 0 Å². The lowest BCUT2D eigenvalue weighted by Gasteiger charge is -2.20. The van der Waals surface area contributed by atoms with Crippen molar-refractivity contribution in [1.82, 2.24) is 4.98 Å². The van der Waals surface area contributed by atoms with Crippen LogP contribution in [0.2, 0.25) is 0 Å². The molecule has 0 aliphatic heterocycles. The second kappa shape index (κ2) is 8.87. The first kappa shape index (κ1) is 20.4. The van der Waals surface area contributed by atoms with Gasteiger partial charge in [-0.3, -0.25) is 4.79 Å². The maximum Gasteiger partial charge on any atom is 0.255 e. The molecule has 30 heavy (non-hydrogen) atoms. The molecule has 1 heterocycles. The van der Waals surface area contributed by atoms with E-state index in [0.717, 1.165) is 22.2 Å². The molecular formula is C24H22IN3O2. The minimum atomic E-state index is -0.149. The highest BCUT2D eigenvalue weighted by molar-refractivity contribution is 14.1. The van der Waals surface area contributed by atoms with Gasteiger partial charge < -0.3 is 14.6 Å². The number of aromatic nitrogens is 1. The maximum atomic E-state index is 12.5. The molecule has 1 N–H and O–H groups in total. The lowest BCUT2D eigenvalue weighted by molar-refractivity contribution is 0.102. The molecule has 0 atom stereocenters. The topological polar surface area (TPSA) is 58.4 Å². The van der Waals surface area contributed by atoms with Crippen molar-refractivity contribution in [3.63, 3.8) is 0 Å². The second-order valence-electron chi connectivity index (χ2n) is 6.89. The van der Waals surface area contributed by atoms with E-state index in [4.69, 9.17) is 4.42 Å². The van der Waals surface area contributed by atoms with Crippen molar-refractivity contribution in [2.45, 2.75) is 13.8 Å². The minimum Gasteiger partial charge on any atom is -0.436 e. The van der Waals surface area contributed by atoms with Gasteiger partial charge >= 0.3 is 0 Å². The van der Waals surface area contributed by atoms with Gasteiger partial charge in [0.1, 0.15) is 5.52 Å². The Hall–Kier alpha value is -2.87. The summed E-state index contributed by atoms with van der Waals surface area (Å²) in [6.45, 7) is 6.23. The van der Waals surface area contributed by atoms with Gasteiger partial charge in [0.15, 0.2) is 5.58 Å². The molecule has 0 radical (unpaired) electrons. The quantitative estimate of drug-likeness (QED) is 0.314. The number of amides is 1. The Kier molecular flexibility index (Phi) is 6.03. The van der Waals surface area contributed by atoms with Gasteiger partial charge in [-0.1, -0.05) is 6.07 Å². The summed E-state index contributed by atoms with van der Waals surface area (Å²) in [5.74, 6) is 0.417. The van der Waals surface area contributed by atoms with E-state index in [1.165, 1.54) is 5.69 Å². The Bertz CT molecular complexity index is 1180. The highest BCUT2D eigenvalue weighted by Crippen LogP contribution is 2.28. The van der Waals surface area contributed by atoms with E-state index in [9.17, 15) is 4.79 Å². The first-order valence-corrected chi connectivity index (χ1v) is 11.0. The van der Waals surface area contributed by atoms with Crippen molar-refractivity contribution in [3.8, 4) is 11.5 Å². The summed E-state index contributed by atoms with van der Waals surface area (Å²) < 4.78 is 6.95. The summed E-state index contributed by atoms with van der Waals surface area (Å²) in [5, 5.41) is 2.93. The summed E-state index contributed by atoms with van der Waals surface area (Å²) in [6, 6.07) is 21.2. The highest BCUT2D eigenvalue weighted by Gasteiger charge is 2.12. The predicted octanol–water partition coefficient (Wildman–Crippen LogP) is 6.20. The van der Waals surface area contributed by atoms with E-state index in [2.05, 4.69) is 63.8 Å². The fourth-order valence-corrected chi connectivity index (χ4v) is 3.91. The lowest BCUT2D eigenvalue weighted by atomic mass is 10.2. The largest absolute Gasteiger partial charge is 0.436 e. The molecule has 1 amide bonds. The van der Waals surface area contributed by atoms with Crippen molar-refractivity contribution in [1.29, 1.82) is 0 Å². The monoisotopic (exact) mass is 511 g/mol. The third kappa shape index (κ3) is 4.33. The third-order valence-corrected chi connectivity index (χ3v) is 5.65. The Labute approximate surface area is 189 Å². The summed E-state index contributed by atoms with van der Waals surface area (Å²) in [4.78, 5) is 19.4. The SMILES string of the molecule is CCN(CC)c1ccc(-c2nc3cc(NC(=O)c4cccc(I)c4)ccc3o2)cc1. The van der Waals surface area contributed by atoms with E-state index >= 15 is 0 Å². The fraction of sp³-hybridized carbons (Fsp3) is 0.167. The molecule has 0 unspecified atom stereocenters.